The zero-order valence-electron chi connectivity index (χ0n) is 19.7. The first-order chi connectivity index (χ1) is 15.3. The zero-order valence-corrected chi connectivity index (χ0v) is 19.7. The first-order valence-electron chi connectivity index (χ1n) is 11.6. The molecule has 32 heavy (non-hydrogen) atoms. The lowest BCUT2D eigenvalue weighted by Crippen LogP contribution is -2.29. The monoisotopic (exact) mass is 443 g/mol. The first kappa shape index (κ1) is 24.3. The number of rotatable bonds is 7. The Balaban J connectivity index is 2.39. The minimum absolute atomic E-state index is 0.00353. The number of hydrogen-bond acceptors (Lipinski definition) is 5. The van der Waals surface area contributed by atoms with Crippen LogP contribution in [-0.2, 0) is 9.47 Å². The van der Waals surface area contributed by atoms with Crippen LogP contribution in [0.4, 0.5) is 4.39 Å². The van der Waals surface area contributed by atoms with Gasteiger partial charge in [0, 0.05) is 23.4 Å². The van der Waals surface area contributed by atoms with E-state index in [0.717, 1.165) is 25.0 Å². The summed E-state index contributed by atoms with van der Waals surface area (Å²) in [5.74, 6) is -0.915. The summed E-state index contributed by atoms with van der Waals surface area (Å²) in [5, 5.41) is 11.5. The van der Waals surface area contributed by atoms with Crippen molar-refractivity contribution in [1.29, 1.82) is 0 Å². The smallest absolute Gasteiger partial charge is 0.340 e. The van der Waals surface area contributed by atoms with Crippen molar-refractivity contribution in [3.05, 3.63) is 52.6 Å². The molecular weight excluding hydrogens is 409 g/mol. The SMILES string of the molecule is CCOC(=O)c1c(C(C)C)nc(C(C)C)c(C(O)C2CCCCO2)c1-c1ccc(F)cc1. The van der Waals surface area contributed by atoms with Crippen molar-refractivity contribution in [2.45, 2.75) is 77.9 Å². The maximum atomic E-state index is 13.8. The summed E-state index contributed by atoms with van der Waals surface area (Å²) in [6, 6.07) is 6.00. The van der Waals surface area contributed by atoms with Gasteiger partial charge in [-0.15, -0.1) is 0 Å². The summed E-state index contributed by atoms with van der Waals surface area (Å²) in [6.07, 6.45) is 1.30. The highest BCUT2D eigenvalue weighted by molar-refractivity contribution is 6.00. The van der Waals surface area contributed by atoms with E-state index in [1.807, 2.05) is 27.7 Å². The van der Waals surface area contributed by atoms with Gasteiger partial charge in [-0.25, -0.2) is 9.18 Å². The Hall–Kier alpha value is -2.31. The molecule has 2 atom stereocenters. The largest absolute Gasteiger partial charge is 0.462 e. The average Bonchev–Trinajstić information content (AvgIpc) is 2.78. The fourth-order valence-electron chi connectivity index (χ4n) is 4.32. The number of benzene rings is 1. The van der Waals surface area contributed by atoms with Crippen LogP contribution in [-0.4, -0.2) is 35.4 Å². The fraction of sp³-hybridized carbons (Fsp3) is 0.538. The number of halogens is 1. The number of ether oxygens (including phenoxy) is 2. The second-order valence-electron chi connectivity index (χ2n) is 8.93. The zero-order chi connectivity index (χ0) is 23.4. The third-order valence-corrected chi connectivity index (χ3v) is 5.86. The van der Waals surface area contributed by atoms with Gasteiger partial charge >= 0.3 is 5.97 Å². The molecule has 2 unspecified atom stereocenters. The Morgan fingerprint density at radius 3 is 2.34 bits per heavy atom. The number of carbonyl (C=O) groups excluding carboxylic acids is 1. The Labute approximate surface area is 190 Å². The van der Waals surface area contributed by atoms with E-state index >= 15 is 0 Å². The molecule has 0 radical (unpaired) electrons. The molecule has 0 saturated carbocycles. The van der Waals surface area contributed by atoms with Gasteiger partial charge in [0.25, 0.3) is 0 Å². The van der Waals surface area contributed by atoms with E-state index in [1.54, 1.807) is 19.1 Å². The summed E-state index contributed by atoms with van der Waals surface area (Å²) in [7, 11) is 0. The van der Waals surface area contributed by atoms with Gasteiger partial charge in [-0.1, -0.05) is 39.8 Å². The van der Waals surface area contributed by atoms with Crippen LogP contribution in [0.25, 0.3) is 11.1 Å². The Morgan fingerprint density at radius 2 is 1.81 bits per heavy atom. The van der Waals surface area contributed by atoms with Gasteiger partial charge in [0.1, 0.15) is 11.9 Å². The molecule has 5 nitrogen and oxygen atoms in total. The second-order valence-corrected chi connectivity index (χ2v) is 8.93. The molecule has 2 aromatic rings. The van der Waals surface area contributed by atoms with E-state index < -0.39 is 12.1 Å². The standard InChI is InChI=1S/C26H34FNO4/c1-6-31-26(30)22-20(17-10-12-18(27)13-11-17)21(25(29)19-9-7-8-14-32-19)23(15(2)3)28-24(22)16(4)5/h10-13,15-16,19,25,29H,6-9,14H2,1-5H3. The topological polar surface area (TPSA) is 68.7 Å². The third kappa shape index (κ3) is 5.02. The highest BCUT2D eigenvalue weighted by Crippen LogP contribution is 2.42. The maximum absolute atomic E-state index is 13.8. The molecule has 174 valence electrons. The van der Waals surface area contributed by atoms with Crippen LogP contribution in [0.2, 0.25) is 0 Å². The van der Waals surface area contributed by atoms with Crippen LogP contribution in [0, 0.1) is 5.82 Å². The van der Waals surface area contributed by atoms with E-state index in [-0.39, 0.29) is 30.4 Å². The van der Waals surface area contributed by atoms with Crippen LogP contribution in [0.3, 0.4) is 0 Å². The van der Waals surface area contributed by atoms with Gasteiger partial charge in [0.05, 0.1) is 24.0 Å². The van der Waals surface area contributed by atoms with E-state index in [2.05, 4.69) is 0 Å². The highest BCUT2D eigenvalue weighted by atomic mass is 19.1. The summed E-state index contributed by atoms with van der Waals surface area (Å²) in [4.78, 5) is 18.1. The normalized spacial score (nSPS) is 17.6. The van der Waals surface area contributed by atoms with Crippen molar-refractivity contribution < 1.29 is 23.8 Å². The van der Waals surface area contributed by atoms with Crippen LogP contribution in [0.5, 0.6) is 0 Å². The Morgan fingerprint density at radius 1 is 1.16 bits per heavy atom. The van der Waals surface area contributed by atoms with Gasteiger partial charge in [-0.3, -0.25) is 4.98 Å². The summed E-state index contributed by atoms with van der Waals surface area (Å²) < 4.78 is 25.1. The number of nitrogens with zero attached hydrogens (tertiary/aromatic N) is 1. The number of esters is 1. The van der Waals surface area contributed by atoms with Crippen molar-refractivity contribution in [2.24, 2.45) is 0 Å². The number of aliphatic hydroxyl groups is 1. The molecule has 1 aliphatic heterocycles. The lowest BCUT2D eigenvalue weighted by atomic mass is 9.83. The number of aromatic nitrogens is 1. The number of hydrogen-bond donors (Lipinski definition) is 1. The van der Waals surface area contributed by atoms with Crippen LogP contribution < -0.4 is 0 Å². The molecule has 0 bridgehead atoms. The predicted octanol–water partition coefficient (Wildman–Crippen LogP) is 5.91. The first-order valence-corrected chi connectivity index (χ1v) is 11.6. The fourth-order valence-corrected chi connectivity index (χ4v) is 4.32. The lowest BCUT2D eigenvalue weighted by molar-refractivity contribution is -0.0636. The van der Waals surface area contributed by atoms with Crippen LogP contribution >= 0.6 is 0 Å². The molecule has 2 heterocycles. The quantitative estimate of drug-likeness (QED) is 0.539. The van der Waals surface area contributed by atoms with E-state index in [0.29, 0.717) is 34.6 Å². The second kappa shape index (κ2) is 10.5. The van der Waals surface area contributed by atoms with Crippen LogP contribution in [0.15, 0.2) is 24.3 Å². The lowest BCUT2D eigenvalue weighted by Gasteiger charge is -2.32. The van der Waals surface area contributed by atoms with Crippen molar-refractivity contribution in [2.75, 3.05) is 13.2 Å². The van der Waals surface area contributed by atoms with Gasteiger partial charge < -0.3 is 14.6 Å². The molecular formula is C26H34FNO4. The summed E-state index contributed by atoms with van der Waals surface area (Å²) in [5.41, 5.74) is 3.46. The van der Waals surface area contributed by atoms with Crippen molar-refractivity contribution in [1.82, 2.24) is 4.98 Å². The number of carbonyl (C=O) groups is 1. The molecule has 1 aromatic heterocycles. The van der Waals surface area contributed by atoms with Crippen LogP contribution in [0.1, 0.15) is 99.1 Å². The van der Waals surface area contributed by atoms with Gasteiger partial charge in [-0.2, -0.15) is 0 Å². The number of aliphatic hydroxyl groups excluding tert-OH is 1. The summed E-state index contributed by atoms with van der Waals surface area (Å²) >= 11 is 0. The molecule has 6 heteroatoms. The molecule has 1 N–H and O–H groups in total. The molecule has 1 aromatic carbocycles. The van der Waals surface area contributed by atoms with Crippen molar-refractivity contribution >= 4 is 5.97 Å². The predicted molar refractivity (Wildman–Crippen MR) is 122 cm³/mol. The minimum Gasteiger partial charge on any atom is -0.462 e. The average molecular weight is 444 g/mol. The van der Waals surface area contributed by atoms with Gasteiger partial charge in [0.2, 0.25) is 0 Å². The van der Waals surface area contributed by atoms with E-state index in [9.17, 15) is 14.3 Å². The highest BCUT2D eigenvalue weighted by Gasteiger charge is 2.35. The molecule has 0 spiro atoms. The minimum atomic E-state index is -0.963. The van der Waals surface area contributed by atoms with E-state index in [1.165, 1.54) is 12.1 Å². The van der Waals surface area contributed by atoms with Gasteiger partial charge in [0.15, 0.2) is 0 Å². The Kier molecular flexibility index (Phi) is 8.01. The molecule has 3 rings (SSSR count). The Bertz CT molecular complexity index is 934. The van der Waals surface area contributed by atoms with Gasteiger partial charge in [-0.05, 0) is 55.7 Å². The summed E-state index contributed by atoms with van der Waals surface area (Å²) in [6.45, 7) is 10.5. The van der Waals surface area contributed by atoms with Crippen molar-refractivity contribution in [3.63, 3.8) is 0 Å². The third-order valence-electron chi connectivity index (χ3n) is 5.86. The number of pyridine rings is 1. The molecule has 1 saturated heterocycles. The maximum Gasteiger partial charge on any atom is 0.340 e. The molecule has 1 aliphatic rings. The van der Waals surface area contributed by atoms with Crippen molar-refractivity contribution in [3.8, 4) is 11.1 Å². The molecule has 1 fully saturated rings. The van der Waals surface area contributed by atoms with E-state index in [4.69, 9.17) is 14.5 Å². The molecule has 0 amide bonds. The molecule has 0 aliphatic carbocycles.